The van der Waals surface area contributed by atoms with E-state index >= 15 is 0 Å². The summed E-state index contributed by atoms with van der Waals surface area (Å²) in [6.07, 6.45) is -4.70. The SMILES string of the molecule is Cn1nc(C(F)(F)F)cc1-c1cc(Cl)cc2c(O)c(C(=O)NCC(=O)O)c(=O)sc12. The smallest absolute Gasteiger partial charge is 0.435 e. The number of hydrogen-bond donors (Lipinski definition) is 3. The lowest BCUT2D eigenvalue weighted by Gasteiger charge is -2.11. The average Bonchev–Trinajstić information content (AvgIpc) is 3.02. The van der Waals surface area contributed by atoms with Gasteiger partial charge in [0.1, 0.15) is 17.9 Å². The Bertz CT molecular complexity index is 1250. The Kier molecular flexibility index (Phi) is 5.48. The molecule has 158 valence electrons. The zero-order valence-electron chi connectivity index (χ0n) is 14.9. The molecule has 2 heterocycles. The summed E-state index contributed by atoms with van der Waals surface area (Å²) in [7, 11) is 1.27. The molecule has 3 N–H and O–H groups in total. The summed E-state index contributed by atoms with van der Waals surface area (Å²) in [5, 5.41) is 24.5. The minimum absolute atomic E-state index is 0.0188. The summed E-state index contributed by atoms with van der Waals surface area (Å²) < 4.78 is 39.2. The van der Waals surface area contributed by atoms with Crippen molar-refractivity contribution in [2.24, 2.45) is 7.05 Å². The first kappa shape index (κ1) is 21.6. The molecule has 0 radical (unpaired) electrons. The second kappa shape index (κ2) is 7.61. The molecule has 0 unspecified atom stereocenters. The number of aromatic nitrogens is 2. The lowest BCUT2D eigenvalue weighted by atomic mass is 10.1. The van der Waals surface area contributed by atoms with Crippen molar-refractivity contribution >= 4 is 44.9 Å². The number of amides is 1. The minimum atomic E-state index is -4.70. The number of hydrogen-bond acceptors (Lipinski definition) is 6. The highest BCUT2D eigenvalue weighted by Crippen LogP contribution is 2.40. The molecule has 0 aliphatic carbocycles. The molecule has 1 aromatic carbocycles. The number of rotatable bonds is 4. The van der Waals surface area contributed by atoms with Crippen LogP contribution in [0.25, 0.3) is 21.3 Å². The van der Waals surface area contributed by atoms with E-state index in [9.17, 15) is 32.7 Å². The Morgan fingerprint density at radius 3 is 2.53 bits per heavy atom. The molecule has 0 fully saturated rings. The van der Waals surface area contributed by atoms with Crippen molar-refractivity contribution in [1.29, 1.82) is 0 Å². The van der Waals surface area contributed by atoms with Gasteiger partial charge in [-0.3, -0.25) is 19.1 Å². The molecule has 3 rings (SSSR count). The van der Waals surface area contributed by atoms with Crippen molar-refractivity contribution in [2.75, 3.05) is 6.54 Å². The number of carboxylic acid groups (broad SMARTS) is 1. The molecule has 0 spiro atoms. The van der Waals surface area contributed by atoms with E-state index in [0.29, 0.717) is 11.3 Å². The van der Waals surface area contributed by atoms with E-state index < -0.39 is 46.3 Å². The van der Waals surface area contributed by atoms with Gasteiger partial charge in [0.15, 0.2) is 5.69 Å². The number of carbonyl (C=O) groups excluding carboxylic acids is 1. The lowest BCUT2D eigenvalue weighted by Crippen LogP contribution is -2.32. The Balaban J connectivity index is 2.25. The van der Waals surface area contributed by atoms with E-state index in [-0.39, 0.29) is 26.4 Å². The first-order chi connectivity index (χ1) is 13.9. The van der Waals surface area contributed by atoms with Crippen LogP contribution in [0.5, 0.6) is 5.75 Å². The first-order valence-corrected chi connectivity index (χ1v) is 9.20. The fourth-order valence-corrected chi connectivity index (χ4v) is 3.98. The topological polar surface area (TPSA) is 122 Å². The van der Waals surface area contributed by atoms with Crippen LogP contribution < -0.4 is 10.1 Å². The van der Waals surface area contributed by atoms with Gasteiger partial charge in [-0.2, -0.15) is 18.3 Å². The standard InChI is InChI=1S/C17H11ClF3N3O5S/c1-24-9(4-10(23-24)17(19,20)21)7-2-6(18)3-8-13(27)12(16(29)30-14(7)8)15(28)22-5-11(25)26/h2-4,27H,5H2,1H3,(H,22,28)(H,25,26). The number of nitrogens with one attached hydrogen (secondary N) is 1. The van der Waals surface area contributed by atoms with Crippen LogP contribution in [0.3, 0.4) is 0 Å². The average molecular weight is 462 g/mol. The molecule has 30 heavy (non-hydrogen) atoms. The summed E-state index contributed by atoms with van der Waals surface area (Å²) in [5.74, 6) is -3.24. The normalized spacial score (nSPS) is 11.6. The second-order valence-electron chi connectivity index (χ2n) is 6.06. The van der Waals surface area contributed by atoms with Gasteiger partial charge in [-0.25, -0.2) is 0 Å². The molecule has 1 amide bonds. The fourth-order valence-electron chi connectivity index (χ4n) is 2.75. The third-order valence-electron chi connectivity index (χ3n) is 4.02. The third kappa shape index (κ3) is 3.96. The van der Waals surface area contributed by atoms with Gasteiger partial charge in [-0.1, -0.05) is 22.9 Å². The van der Waals surface area contributed by atoms with Crippen LogP contribution in [0.2, 0.25) is 5.02 Å². The molecule has 0 saturated heterocycles. The molecule has 0 aliphatic rings. The van der Waals surface area contributed by atoms with Gasteiger partial charge in [-0.05, 0) is 18.2 Å². The lowest BCUT2D eigenvalue weighted by molar-refractivity contribution is -0.141. The maximum Gasteiger partial charge on any atom is 0.435 e. The zero-order valence-corrected chi connectivity index (χ0v) is 16.4. The molecular formula is C17H11ClF3N3O5S. The van der Waals surface area contributed by atoms with E-state index in [1.165, 1.54) is 19.2 Å². The fraction of sp³-hybridized carbons (Fsp3) is 0.176. The van der Waals surface area contributed by atoms with Crippen molar-refractivity contribution < 1.29 is 33.0 Å². The first-order valence-electron chi connectivity index (χ1n) is 8.01. The van der Waals surface area contributed by atoms with Gasteiger partial charge < -0.3 is 15.5 Å². The highest BCUT2D eigenvalue weighted by atomic mass is 35.5. The van der Waals surface area contributed by atoms with Crippen LogP contribution >= 0.6 is 22.9 Å². The Morgan fingerprint density at radius 2 is 1.97 bits per heavy atom. The van der Waals surface area contributed by atoms with Crippen molar-refractivity contribution in [2.45, 2.75) is 6.18 Å². The molecule has 3 aromatic rings. The molecular weight excluding hydrogens is 451 g/mol. The minimum Gasteiger partial charge on any atom is -0.506 e. The predicted octanol–water partition coefficient (Wildman–Crippen LogP) is 2.85. The van der Waals surface area contributed by atoms with Gasteiger partial charge in [0.05, 0.1) is 10.4 Å². The van der Waals surface area contributed by atoms with E-state index in [4.69, 9.17) is 16.7 Å². The number of alkyl halides is 3. The van der Waals surface area contributed by atoms with E-state index in [1.807, 2.05) is 5.32 Å². The number of fused-ring (bicyclic) bond motifs is 1. The molecule has 0 aliphatic heterocycles. The van der Waals surface area contributed by atoms with Gasteiger partial charge in [0.2, 0.25) is 4.74 Å². The highest BCUT2D eigenvalue weighted by molar-refractivity contribution is 7.17. The summed E-state index contributed by atoms with van der Waals surface area (Å²) in [5.41, 5.74) is -1.77. The van der Waals surface area contributed by atoms with Crippen LogP contribution in [0.4, 0.5) is 13.2 Å². The third-order valence-corrected chi connectivity index (χ3v) is 5.27. The molecule has 13 heteroatoms. The highest BCUT2D eigenvalue weighted by Gasteiger charge is 2.35. The molecule has 0 atom stereocenters. The number of benzene rings is 1. The van der Waals surface area contributed by atoms with Crippen molar-refractivity contribution in [3.05, 3.63) is 44.0 Å². The summed E-state index contributed by atoms with van der Waals surface area (Å²) in [6.45, 7) is -0.781. The number of carbonyl (C=O) groups is 2. The number of carboxylic acids is 1. The van der Waals surface area contributed by atoms with Gasteiger partial charge in [-0.15, -0.1) is 0 Å². The van der Waals surface area contributed by atoms with E-state index in [0.717, 1.165) is 10.7 Å². The zero-order chi connectivity index (χ0) is 22.4. The maximum absolute atomic E-state index is 13.0. The maximum atomic E-state index is 13.0. The molecule has 0 saturated carbocycles. The van der Waals surface area contributed by atoms with Crippen molar-refractivity contribution in [3.8, 4) is 17.0 Å². The van der Waals surface area contributed by atoms with Crippen molar-refractivity contribution in [3.63, 3.8) is 0 Å². The quantitative estimate of drug-likeness (QED) is 0.549. The predicted molar refractivity (Wildman–Crippen MR) is 102 cm³/mol. The Hall–Kier alpha value is -3.12. The van der Waals surface area contributed by atoms with E-state index in [1.54, 1.807) is 0 Å². The van der Waals surface area contributed by atoms with Crippen LogP contribution in [0, 0.1) is 0 Å². The summed E-state index contributed by atoms with van der Waals surface area (Å²) in [4.78, 5) is 35.2. The number of aryl methyl sites for hydroxylation is 1. The van der Waals surface area contributed by atoms with Crippen LogP contribution in [-0.4, -0.2) is 38.4 Å². The number of aromatic hydroxyl groups is 1. The van der Waals surface area contributed by atoms with Crippen LogP contribution in [-0.2, 0) is 18.0 Å². The Morgan fingerprint density at radius 1 is 1.30 bits per heavy atom. The van der Waals surface area contributed by atoms with Crippen LogP contribution in [0.1, 0.15) is 16.1 Å². The molecule has 2 aromatic heterocycles. The summed E-state index contributed by atoms with van der Waals surface area (Å²) in [6, 6.07) is 3.31. The van der Waals surface area contributed by atoms with Gasteiger partial charge in [0.25, 0.3) is 5.91 Å². The number of aliphatic carboxylic acids is 1. The molecule has 0 bridgehead atoms. The van der Waals surface area contributed by atoms with E-state index in [2.05, 4.69) is 5.10 Å². The summed E-state index contributed by atoms with van der Waals surface area (Å²) >= 11 is 6.55. The largest absolute Gasteiger partial charge is 0.506 e. The van der Waals surface area contributed by atoms with Crippen LogP contribution in [0.15, 0.2) is 23.0 Å². The van der Waals surface area contributed by atoms with Crippen molar-refractivity contribution in [1.82, 2.24) is 15.1 Å². The Labute approximate surface area is 174 Å². The molecule has 8 nitrogen and oxygen atoms in total. The van der Waals surface area contributed by atoms with Gasteiger partial charge in [0, 0.05) is 23.0 Å². The van der Waals surface area contributed by atoms with Gasteiger partial charge >= 0.3 is 12.1 Å². The number of halogens is 4. The monoisotopic (exact) mass is 461 g/mol. The second-order valence-corrected chi connectivity index (χ2v) is 7.48. The number of nitrogens with zero attached hydrogens (tertiary/aromatic N) is 2.